The van der Waals surface area contributed by atoms with E-state index in [1.807, 2.05) is 48.2 Å². The summed E-state index contributed by atoms with van der Waals surface area (Å²) >= 11 is 5.96. The first kappa shape index (κ1) is 20.6. The van der Waals surface area contributed by atoms with Crippen molar-refractivity contribution >= 4 is 17.5 Å². The van der Waals surface area contributed by atoms with E-state index in [2.05, 4.69) is 10.1 Å². The van der Waals surface area contributed by atoms with Gasteiger partial charge >= 0.3 is 0 Å². The maximum atomic E-state index is 13.2. The summed E-state index contributed by atoms with van der Waals surface area (Å²) in [4.78, 5) is 19.7. The predicted molar refractivity (Wildman–Crippen MR) is 117 cm³/mol. The molecule has 0 unspecified atom stereocenters. The molecule has 1 saturated carbocycles. The standard InChI is InChI=1S/C24H26ClN3O2/c1-17-7-9-18(10-8-17)15-23(29)28(21-5-3-2-4-6-21)16-22-26-24(27-30-22)19-11-13-20(25)14-12-19/h7-14,21H,2-6,15-16H2,1H3. The molecule has 0 atom stereocenters. The van der Waals surface area contributed by atoms with Gasteiger partial charge in [-0.1, -0.05) is 65.8 Å². The molecule has 6 heteroatoms. The zero-order valence-corrected chi connectivity index (χ0v) is 17.9. The third-order valence-corrected chi connectivity index (χ3v) is 5.94. The highest BCUT2D eigenvalue weighted by molar-refractivity contribution is 6.30. The summed E-state index contributed by atoms with van der Waals surface area (Å²) in [5, 5.41) is 4.76. The molecule has 1 amide bonds. The van der Waals surface area contributed by atoms with Crippen molar-refractivity contribution < 1.29 is 9.32 Å². The van der Waals surface area contributed by atoms with E-state index >= 15 is 0 Å². The van der Waals surface area contributed by atoms with Crippen molar-refractivity contribution in [2.24, 2.45) is 0 Å². The summed E-state index contributed by atoms with van der Waals surface area (Å²) in [6, 6.07) is 15.7. The quantitative estimate of drug-likeness (QED) is 0.517. The first-order valence-corrected chi connectivity index (χ1v) is 10.9. The van der Waals surface area contributed by atoms with Gasteiger partial charge in [0.05, 0.1) is 6.42 Å². The molecular weight excluding hydrogens is 398 g/mol. The van der Waals surface area contributed by atoms with Crippen LogP contribution in [0.1, 0.15) is 49.1 Å². The number of hydrogen-bond acceptors (Lipinski definition) is 4. The molecule has 0 aliphatic heterocycles. The zero-order chi connectivity index (χ0) is 20.9. The molecule has 0 radical (unpaired) electrons. The van der Waals surface area contributed by atoms with Gasteiger partial charge in [0.1, 0.15) is 6.54 Å². The summed E-state index contributed by atoms with van der Waals surface area (Å²) in [6.45, 7) is 2.39. The maximum absolute atomic E-state index is 13.2. The third-order valence-electron chi connectivity index (χ3n) is 5.69. The minimum absolute atomic E-state index is 0.108. The van der Waals surface area contributed by atoms with Crippen LogP contribution in [-0.2, 0) is 17.8 Å². The monoisotopic (exact) mass is 423 g/mol. The Bertz CT molecular complexity index is 976. The molecule has 4 rings (SSSR count). The van der Waals surface area contributed by atoms with Crippen LogP contribution in [0.25, 0.3) is 11.4 Å². The van der Waals surface area contributed by atoms with Gasteiger partial charge in [0, 0.05) is 16.6 Å². The van der Waals surface area contributed by atoms with Crippen LogP contribution in [-0.4, -0.2) is 27.0 Å². The molecule has 0 bridgehead atoms. The summed E-state index contributed by atoms with van der Waals surface area (Å²) in [5.41, 5.74) is 3.05. The normalized spacial score (nSPS) is 14.6. The number of rotatable bonds is 6. The van der Waals surface area contributed by atoms with Crippen molar-refractivity contribution in [1.29, 1.82) is 0 Å². The molecule has 3 aromatic rings. The van der Waals surface area contributed by atoms with Crippen LogP contribution in [0.5, 0.6) is 0 Å². The smallest absolute Gasteiger partial charge is 0.246 e. The number of nitrogens with zero attached hydrogens (tertiary/aromatic N) is 3. The van der Waals surface area contributed by atoms with E-state index in [9.17, 15) is 4.79 Å². The molecule has 0 N–H and O–H groups in total. The summed E-state index contributed by atoms with van der Waals surface area (Å²) < 4.78 is 5.50. The number of carbonyl (C=O) groups is 1. The maximum Gasteiger partial charge on any atom is 0.246 e. The Morgan fingerprint density at radius 3 is 2.47 bits per heavy atom. The van der Waals surface area contributed by atoms with Crippen LogP contribution in [0.4, 0.5) is 0 Å². The van der Waals surface area contributed by atoms with Gasteiger partial charge in [0.2, 0.25) is 17.6 Å². The lowest BCUT2D eigenvalue weighted by Gasteiger charge is -2.33. The van der Waals surface area contributed by atoms with E-state index in [4.69, 9.17) is 16.1 Å². The summed E-state index contributed by atoms with van der Waals surface area (Å²) in [6.07, 6.45) is 5.97. The average Bonchev–Trinajstić information content (AvgIpc) is 3.23. The minimum Gasteiger partial charge on any atom is -0.337 e. The Morgan fingerprint density at radius 1 is 1.07 bits per heavy atom. The molecule has 1 aliphatic carbocycles. The van der Waals surface area contributed by atoms with E-state index in [1.165, 1.54) is 12.0 Å². The van der Waals surface area contributed by atoms with Gasteiger partial charge in [-0.3, -0.25) is 4.79 Å². The molecule has 1 heterocycles. The minimum atomic E-state index is 0.108. The zero-order valence-electron chi connectivity index (χ0n) is 17.2. The number of carbonyl (C=O) groups excluding carboxylic acids is 1. The second kappa shape index (κ2) is 9.43. The van der Waals surface area contributed by atoms with Crippen LogP contribution >= 0.6 is 11.6 Å². The molecule has 30 heavy (non-hydrogen) atoms. The molecule has 5 nitrogen and oxygen atoms in total. The van der Waals surface area contributed by atoms with Crippen molar-refractivity contribution in [2.45, 2.75) is 58.0 Å². The lowest BCUT2D eigenvalue weighted by atomic mass is 9.93. The van der Waals surface area contributed by atoms with Crippen molar-refractivity contribution in [2.75, 3.05) is 0 Å². The van der Waals surface area contributed by atoms with Crippen molar-refractivity contribution in [1.82, 2.24) is 15.0 Å². The number of halogens is 1. The Hall–Kier alpha value is -2.66. The first-order valence-electron chi connectivity index (χ1n) is 10.5. The predicted octanol–water partition coefficient (Wildman–Crippen LogP) is 5.60. The number of amides is 1. The van der Waals surface area contributed by atoms with Crippen LogP contribution in [0.15, 0.2) is 53.1 Å². The lowest BCUT2D eigenvalue weighted by Crippen LogP contribution is -2.41. The van der Waals surface area contributed by atoms with Gasteiger partial charge in [-0.2, -0.15) is 4.98 Å². The highest BCUT2D eigenvalue weighted by Gasteiger charge is 2.27. The van der Waals surface area contributed by atoms with Crippen LogP contribution in [0.2, 0.25) is 5.02 Å². The van der Waals surface area contributed by atoms with Crippen molar-refractivity contribution in [3.05, 3.63) is 70.6 Å². The van der Waals surface area contributed by atoms with Gasteiger partial charge in [0.25, 0.3) is 0 Å². The van der Waals surface area contributed by atoms with Gasteiger partial charge in [-0.25, -0.2) is 0 Å². The van der Waals surface area contributed by atoms with Gasteiger partial charge < -0.3 is 9.42 Å². The molecule has 156 valence electrons. The number of aromatic nitrogens is 2. The lowest BCUT2D eigenvalue weighted by molar-refractivity contribution is -0.134. The van der Waals surface area contributed by atoms with Gasteiger partial charge in [-0.05, 0) is 49.6 Å². The molecule has 1 aliphatic rings. The average molecular weight is 424 g/mol. The SMILES string of the molecule is Cc1ccc(CC(=O)N(Cc2nc(-c3ccc(Cl)cc3)no2)C2CCCCC2)cc1. The second-order valence-electron chi connectivity index (χ2n) is 7.99. The third kappa shape index (κ3) is 5.08. The summed E-state index contributed by atoms with van der Waals surface area (Å²) in [5.74, 6) is 1.08. The summed E-state index contributed by atoms with van der Waals surface area (Å²) in [7, 11) is 0. The van der Waals surface area contributed by atoms with Crippen LogP contribution in [0.3, 0.4) is 0 Å². The Labute approximate surface area is 182 Å². The largest absolute Gasteiger partial charge is 0.337 e. The molecule has 1 aromatic heterocycles. The van der Waals surface area contributed by atoms with E-state index in [-0.39, 0.29) is 11.9 Å². The fourth-order valence-electron chi connectivity index (χ4n) is 3.98. The Kier molecular flexibility index (Phi) is 6.48. The Balaban J connectivity index is 1.51. The molecule has 0 spiro atoms. The fraction of sp³-hybridized carbons (Fsp3) is 0.375. The fourth-order valence-corrected chi connectivity index (χ4v) is 4.10. The van der Waals surface area contributed by atoms with Crippen LogP contribution < -0.4 is 0 Å². The van der Waals surface area contributed by atoms with Crippen LogP contribution in [0, 0.1) is 6.92 Å². The number of benzene rings is 2. The molecular formula is C24H26ClN3O2. The highest BCUT2D eigenvalue weighted by Crippen LogP contribution is 2.26. The van der Waals surface area contributed by atoms with E-state index < -0.39 is 0 Å². The van der Waals surface area contributed by atoms with Gasteiger partial charge in [-0.15, -0.1) is 0 Å². The second-order valence-corrected chi connectivity index (χ2v) is 8.43. The molecule has 2 aromatic carbocycles. The van der Waals surface area contributed by atoms with Gasteiger partial charge in [0.15, 0.2) is 0 Å². The highest BCUT2D eigenvalue weighted by atomic mass is 35.5. The number of aryl methyl sites for hydroxylation is 1. The molecule has 0 saturated heterocycles. The van der Waals surface area contributed by atoms with E-state index in [1.54, 1.807) is 12.1 Å². The van der Waals surface area contributed by atoms with E-state index in [0.717, 1.165) is 36.8 Å². The molecule has 1 fully saturated rings. The van der Waals surface area contributed by atoms with Crippen molar-refractivity contribution in [3.63, 3.8) is 0 Å². The Morgan fingerprint density at radius 2 is 1.77 bits per heavy atom. The first-order chi connectivity index (χ1) is 14.6. The van der Waals surface area contributed by atoms with E-state index in [0.29, 0.717) is 29.7 Å². The topological polar surface area (TPSA) is 59.2 Å². The van der Waals surface area contributed by atoms with Crippen molar-refractivity contribution in [3.8, 4) is 11.4 Å². The number of hydrogen-bond donors (Lipinski definition) is 0.